The van der Waals surface area contributed by atoms with Crippen molar-refractivity contribution in [3.05, 3.63) is 36.2 Å². The number of amides is 1. The molecule has 84 valence electrons. The molecule has 0 saturated heterocycles. The highest BCUT2D eigenvalue weighted by Gasteiger charge is 2.13. The van der Waals surface area contributed by atoms with Crippen molar-refractivity contribution in [2.24, 2.45) is 0 Å². The summed E-state index contributed by atoms with van der Waals surface area (Å²) in [7, 11) is 0. The van der Waals surface area contributed by atoms with Crippen LogP contribution >= 0.6 is 11.6 Å². The van der Waals surface area contributed by atoms with Crippen molar-refractivity contribution >= 4 is 23.0 Å². The maximum Gasteiger partial charge on any atom is 0.255 e. The van der Waals surface area contributed by atoms with E-state index in [1.54, 1.807) is 16.9 Å². The minimum Gasteiger partial charge on any atom is -0.348 e. The highest BCUT2D eigenvalue weighted by Crippen LogP contribution is 2.09. The van der Waals surface area contributed by atoms with Gasteiger partial charge in [-0.05, 0) is 19.1 Å². The Balaban J connectivity index is 2.30. The molecule has 2 aromatic heterocycles. The van der Waals surface area contributed by atoms with Gasteiger partial charge in [0.1, 0.15) is 0 Å². The number of rotatable bonds is 3. The number of hydrogen-bond acceptors (Lipinski definition) is 2. The summed E-state index contributed by atoms with van der Waals surface area (Å²) in [6, 6.07) is 5.54. The molecule has 0 aromatic carbocycles. The quantitative estimate of drug-likeness (QED) is 0.826. The summed E-state index contributed by atoms with van der Waals surface area (Å²) in [5.74, 6) is 0.250. The van der Waals surface area contributed by atoms with Gasteiger partial charge in [-0.25, -0.2) is 4.52 Å². The smallest absolute Gasteiger partial charge is 0.255 e. The van der Waals surface area contributed by atoms with Crippen molar-refractivity contribution in [3.8, 4) is 0 Å². The first-order chi connectivity index (χ1) is 7.72. The minimum absolute atomic E-state index is 0.0483. The van der Waals surface area contributed by atoms with Crippen LogP contribution in [0.3, 0.4) is 0 Å². The van der Waals surface area contributed by atoms with Crippen LogP contribution in [0.2, 0.25) is 0 Å². The number of aromatic nitrogens is 2. The Bertz CT molecular complexity index is 509. The lowest BCUT2D eigenvalue weighted by atomic mass is 10.2. The number of carbonyl (C=O) groups excluding carboxylic acids is 1. The Morgan fingerprint density at radius 1 is 1.62 bits per heavy atom. The number of pyridine rings is 1. The molecular weight excluding hydrogens is 226 g/mol. The fourth-order valence-corrected chi connectivity index (χ4v) is 1.53. The first kappa shape index (κ1) is 11.0. The van der Waals surface area contributed by atoms with Gasteiger partial charge in [0.05, 0.1) is 17.3 Å². The summed E-state index contributed by atoms with van der Waals surface area (Å²) in [4.78, 5) is 11.9. The molecule has 1 N–H and O–H groups in total. The van der Waals surface area contributed by atoms with Crippen molar-refractivity contribution in [3.63, 3.8) is 0 Å². The van der Waals surface area contributed by atoms with Gasteiger partial charge in [0.15, 0.2) is 0 Å². The first-order valence-electron chi connectivity index (χ1n) is 5.01. The third-order valence-corrected chi connectivity index (χ3v) is 2.74. The molecule has 4 nitrogen and oxygen atoms in total. The van der Waals surface area contributed by atoms with Gasteiger partial charge in [-0.2, -0.15) is 5.10 Å². The molecule has 0 spiro atoms. The molecule has 1 amide bonds. The van der Waals surface area contributed by atoms with E-state index in [0.717, 1.165) is 5.52 Å². The van der Waals surface area contributed by atoms with Crippen molar-refractivity contribution in [2.45, 2.75) is 13.0 Å². The highest BCUT2D eigenvalue weighted by atomic mass is 35.5. The largest absolute Gasteiger partial charge is 0.348 e. The number of alkyl halides is 1. The van der Waals surface area contributed by atoms with Gasteiger partial charge in [0.25, 0.3) is 5.91 Å². The number of hydrogen-bond donors (Lipinski definition) is 1. The molecule has 0 aliphatic heterocycles. The second-order valence-corrected chi connectivity index (χ2v) is 3.93. The highest BCUT2D eigenvalue weighted by molar-refractivity contribution is 6.18. The lowest BCUT2D eigenvalue weighted by Crippen LogP contribution is -2.33. The van der Waals surface area contributed by atoms with Crippen molar-refractivity contribution in [2.75, 3.05) is 5.88 Å². The molecule has 1 atom stereocenters. The summed E-state index contributed by atoms with van der Waals surface area (Å²) >= 11 is 5.64. The molecule has 0 aliphatic carbocycles. The van der Waals surface area contributed by atoms with Crippen molar-refractivity contribution in [1.82, 2.24) is 14.9 Å². The fourth-order valence-electron chi connectivity index (χ4n) is 1.45. The molecule has 0 fully saturated rings. The Morgan fingerprint density at radius 3 is 3.19 bits per heavy atom. The van der Waals surface area contributed by atoms with Crippen molar-refractivity contribution in [1.29, 1.82) is 0 Å². The van der Waals surface area contributed by atoms with E-state index in [4.69, 9.17) is 11.6 Å². The van der Waals surface area contributed by atoms with Crippen LogP contribution < -0.4 is 5.32 Å². The number of carbonyl (C=O) groups is 1. The summed E-state index contributed by atoms with van der Waals surface area (Å²) < 4.78 is 1.67. The summed E-state index contributed by atoms with van der Waals surface area (Å²) in [6.07, 6.45) is 3.36. The molecule has 0 bridgehead atoms. The zero-order chi connectivity index (χ0) is 11.5. The molecular formula is C11H12ClN3O. The van der Waals surface area contributed by atoms with Crippen LogP contribution in [-0.2, 0) is 0 Å². The maximum absolute atomic E-state index is 11.9. The van der Waals surface area contributed by atoms with Crippen molar-refractivity contribution < 1.29 is 4.79 Å². The van der Waals surface area contributed by atoms with Crippen LogP contribution in [0, 0.1) is 0 Å². The molecule has 0 radical (unpaired) electrons. The summed E-state index contributed by atoms with van der Waals surface area (Å²) in [6.45, 7) is 1.86. The van der Waals surface area contributed by atoms with E-state index >= 15 is 0 Å². The lowest BCUT2D eigenvalue weighted by molar-refractivity contribution is 0.0945. The van der Waals surface area contributed by atoms with Gasteiger partial charge in [0.2, 0.25) is 0 Å². The number of fused-ring (bicyclic) bond motifs is 1. The van der Waals surface area contributed by atoms with E-state index < -0.39 is 0 Å². The van der Waals surface area contributed by atoms with Gasteiger partial charge in [-0.15, -0.1) is 11.6 Å². The molecule has 5 heteroatoms. The summed E-state index contributed by atoms with van der Waals surface area (Å²) in [5, 5.41) is 6.90. The zero-order valence-corrected chi connectivity index (χ0v) is 9.61. The zero-order valence-electron chi connectivity index (χ0n) is 8.85. The Kier molecular flexibility index (Phi) is 3.10. The SMILES string of the molecule is CC(CCl)NC(=O)c1cnn2ccccc12. The molecule has 0 aliphatic rings. The van der Waals surface area contributed by atoms with E-state index in [2.05, 4.69) is 10.4 Å². The Labute approximate surface area is 98.2 Å². The van der Waals surface area contributed by atoms with Crippen LogP contribution in [0.1, 0.15) is 17.3 Å². The Morgan fingerprint density at radius 2 is 2.44 bits per heavy atom. The third-order valence-electron chi connectivity index (χ3n) is 2.28. The van der Waals surface area contributed by atoms with Gasteiger partial charge >= 0.3 is 0 Å². The predicted octanol–water partition coefficient (Wildman–Crippen LogP) is 1.69. The fraction of sp³-hybridized carbons (Fsp3) is 0.273. The standard InChI is InChI=1S/C11H12ClN3O/c1-8(6-12)14-11(16)9-7-13-15-5-3-2-4-10(9)15/h2-5,7-8H,6H2,1H3,(H,14,16). The topological polar surface area (TPSA) is 46.4 Å². The number of halogens is 1. The predicted molar refractivity (Wildman–Crippen MR) is 62.8 cm³/mol. The third kappa shape index (κ3) is 2.02. The molecule has 0 saturated carbocycles. The van der Waals surface area contributed by atoms with Crippen LogP contribution in [0.5, 0.6) is 0 Å². The second kappa shape index (κ2) is 4.53. The van der Waals surface area contributed by atoms with E-state index in [1.807, 2.05) is 25.1 Å². The van der Waals surface area contributed by atoms with E-state index in [1.165, 1.54) is 0 Å². The number of nitrogens with zero attached hydrogens (tertiary/aromatic N) is 2. The minimum atomic E-state index is -0.144. The van der Waals surface area contributed by atoms with Gasteiger partial charge in [-0.1, -0.05) is 6.07 Å². The van der Waals surface area contributed by atoms with Gasteiger partial charge in [-0.3, -0.25) is 4.79 Å². The van der Waals surface area contributed by atoms with E-state index in [9.17, 15) is 4.79 Å². The first-order valence-corrected chi connectivity index (χ1v) is 5.55. The molecule has 16 heavy (non-hydrogen) atoms. The van der Waals surface area contributed by atoms with Crippen LogP contribution in [0.4, 0.5) is 0 Å². The molecule has 1 unspecified atom stereocenters. The Hall–Kier alpha value is -1.55. The van der Waals surface area contributed by atoms with Crippen LogP contribution in [0.25, 0.3) is 5.52 Å². The van der Waals surface area contributed by atoms with Gasteiger partial charge in [0, 0.05) is 18.1 Å². The molecule has 2 rings (SSSR count). The summed E-state index contributed by atoms with van der Waals surface area (Å²) in [5.41, 5.74) is 1.36. The second-order valence-electron chi connectivity index (χ2n) is 3.62. The number of nitrogens with one attached hydrogen (secondary N) is 1. The monoisotopic (exact) mass is 237 g/mol. The average molecular weight is 238 g/mol. The van der Waals surface area contributed by atoms with Crippen LogP contribution in [0.15, 0.2) is 30.6 Å². The molecule has 2 aromatic rings. The van der Waals surface area contributed by atoms with E-state index in [-0.39, 0.29) is 11.9 Å². The normalized spacial score (nSPS) is 12.6. The average Bonchev–Trinajstić information content (AvgIpc) is 2.72. The van der Waals surface area contributed by atoms with Crippen LogP contribution in [-0.4, -0.2) is 27.4 Å². The lowest BCUT2D eigenvalue weighted by Gasteiger charge is -2.09. The maximum atomic E-state index is 11.9. The van der Waals surface area contributed by atoms with E-state index in [0.29, 0.717) is 11.4 Å². The van der Waals surface area contributed by atoms with Gasteiger partial charge < -0.3 is 5.32 Å². The molecule has 2 heterocycles.